The lowest BCUT2D eigenvalue weighted by Gasteiger charge is -2.23. The number of hydrogen-bond donors (Lipinski definition) is 1. The maximum atomic E-state index is 10.7. The molecule has 1 heterocycles. The third-order valence-electron chi connectivity index (χ3n) is 4.26. The van der Waals surface area contributed by atoms with E-state index >= 15 is 0 Å². The maximum absolute atomic E-state index is 10.7. The molecule has 0 saturated heterocycles. The molecule has 0 aliphatic heterocycles. The first-order valence-corrected chi connectivity index (χ1v) is 6.48. The van der Waals surface area contributed by atoms with Crippen LogP contribution in [0.3, 0.4) is 0 Å². The summed E-state index contributed by atoms with van der Waals surface area (Å²) in [7, 11) is 0. The van der Waals surface area contributed by atoms with Gasteiger partial charge < -0.3 is 5.32 Å². The van der Waals surface area contributed by atoms with E-state index in [0.717, 1.165) is 12.3 Å². The van der Waals surface area contributed by atoms with Crippen molar-refractivity contribution in [3.8, 4) is 6.07 Å². The molecule has 1 N–H and O–H groups in total. The van der Waals surface area contributed by atoms with Gasteiger partial charge in [0.25, 0.3) is 5.69 Å². The first-order chi connectivity index (χ1) is 9.17. The Morgan fingerprint density at radius 1 is 1.47 bits per heavy atom. The number of fused-ring (bicyclic) bond motifs is 2. The van der Waals surface area contributed by atoms with Crippen LogP contribution >= 0.6 is 0 Å². The summed E-state index contributed by atoms with van der Waals surface area (Å²) in [6.45, 7) is 0. The molecule has 2 bridgehead atoms. The van der Waals surface area contributed by atoms with Gasteiger partial charge in [0.05, 0.1) is 4.92 Å². The molecule has 19 heavy (non-hydrogen) atoms. The Morgan fingerprint density at radius 3 is 2.89 bits per heavy atom. The lowest BCUT2D eigenvalue weighted by atomic mass is 9.95. The number of hydrogen-bond acceptors (Lipinski definition) is 5. The highest BCUT2D eigenvalue weighted by Crippen LogP contribution is 2.45. The summed E-state index contributed by atoms with van der Waals surface area (Å²) in [6, 6.07) is 3.62. The molecular formula is C13H14N4O2. The summed E-state index contributed by atoms with van der Waals surface area (Å²) in [4.78, 5) is 14.2. The van der Waals surface area contributed by atoms with Crippen molar-refractivity contribution < 1.29 is 4.92 Å². The molecule has 6 nitrogen and oxygen atoms in total. The Morgan fingerprint density at radius 2 is 2.32 bits per heavy atom. The van der Waals surface area contributed by atoms with Gasteiger partial charge >= 0.3 is 0 Å². The van der Waals surface area contributed by atoms with Crippen LogP contribution < -0.4 is 5.32 Å². The van der Waals surface area contributed by atoms with Gasteiger partial charge in [0.15, 0.2) is 0 Å². The quantitative estimate of drug-likeness (QED) is 0.664. The fourth-order valence-corrected chi connectivity index (χ4v) is 3.35. The number of nitro groups is 1. The van der Waals surface area contributed by atoms with Crippen molar-refractivity contribution in [3.63, 3.8) is 0 Å². The maximum Gasteiger partial charge on any atom is 0.289 e. The summed E-state index contributed by atoms with van der Waals surface area (Å²) in [5.41, 5.74) is 0.104. The van der Waals surface area contributed by atoms with Crippen LogP contribution in [0, 0.1) is 33.3 Å². The number of rotatable bonds is 3. The van der Waals surface area contributed by atoms with E-state index in [1.54, 1.807) is 0 Å². The summed E-state index contributed by atoms with van der Waals surface area (Å²) >= 11 is 0. The highest BCUT2D eigenvalue weighted by atomic mass is 16.6. The van der Waals surface area contributed by atoms with E-state index < -0.39 is 4.92 Å². The number of anilines is 1. The van der Waals surface area contributed by atoms with Crippen LogP contribution in [0.1, 0.15) is 31.2 Å². The molecule has 0 spiro atoms. The first-order valence-electron chi connectivity index (χ1n) is 6.48. The van der Waals surface area contributed by atoms with Gasteiger partial charge in [-0.3, -0.25) is 10.1 Å². The predicted molar refractivity (Wildman–Crippen MR) is 68.5 cm³/mol. The van der Waals surface area contributed by atoms with Crippen molar-refractivity contribution in [2.24, 2.45) is 11.8 Å². The normalized spacial score (nSPS) is 28.1. The number of nitriles is 1. The average Bonchev–Trinajstić information content (AvgIpc) is 3.01. The minimum Gasteiger partial charge on any atom is -0.366 e. The van der Waals surface area contributed by atoms with E-state index in [-0.39, 0.29) is 11.3 Å². The van der Waals surface area contributed by atoms with Gasteiger partial charge in [-0.15, -0.1) is 0 Å². The Hall–Kier alpha value is -2.16. The van der Waals surface area contributed by atoms with E-state index in [2.05, 4.69) is 10.3 Å². The lowest BCUT2D eigenvalue weighted by molar-refractivity contribution is -0.385. The first kappa shape index (κ1) is 11.9. The van der Waals surface area contributed by atoms with Gasteiger partial charge in [-0.1, -0.05) is 6.42 Å². The minimum atomic E-state index is -0.533. The molecule has 0 aromatic carbocycles. The highest BCUT2D eigenvalue weighted by molar-refractivity contribution is 5.56. The van der Waals surface area contributed by atoms with Crippen molar-refractivity contribution in [1.29, 1.82) is 5.26 Å². The van der Waals surface area contributed by atoms with Crippen molar-refractivity contribution in [3.05, 3.63) is 27.9 Å². The number of nitrogens with one attached hydrogen (secondary N) is 1. The SMILES string of the molecule is N#Cc1cc([N+](=O)[O-])cnc1NC1CC2CCC1C2. The van der Waals surface area contributed by atoms with E-state index in [4.69, 9.17) is 5.26 Å². The molecular weight excluding hydrogens is 244 g/mol. The zero-order chi connectivity index (χ0) is 13.4. The Labute approximate surface area is 110 Å². The topological polar surface area (TPSA) is 91.8 Å². The summed E-state index contributed by atoms with van der Waals surface area (Å²) < 4.78 is 0. The summed E-state index contributed by atoms with van der Waals surface area (Å²) in [6.07, 6.45) is 6.12. The van der Waals surface area contributed by atoms with E-state index in [9.17, 15) is 10.1 Å². The van der Waals surface area contributed by atoms with Crippen LogP contribution in [0.2, 0.25) is 0 Å². The van der Waals surface area contributed by atoms with Crippen LogP contribution in [0.5, 0.6) is 0 Å². The number of aromatic nitrogens is 1. The molecule has 98 valence electrons. The third-order valence-corrected chi connectivity index (χ3v) is 4.26. The van der Waals surface area contributed by atoms with Gasteiger partial charge in [-0.25, -0.2) is 4.98 Å². The lowest BCUT2D eigenvalue weighted by Crippen LogP contribution is -2.26. The molecule has 2 aliphatic carbocycles. The zero-order valence-corrected chi connectivity index (χ0v) is 10.4. The fraction of sp³-hybridized carbons (Fsp3) is 0.538. The summed E-state index contributed by atoms with van der Waals surface area (Å²) in [5.74, 6) is 1.94. The van der Waals surface area contributed by atoms with Gasteiger partial charge in [-0.05, 0) is 31.1 Å². The van der Waals surface area contributed by atoms with Crippen molar-refractivity contribution in [2.45, 2.75) is 31.7 Å². The molecule has 0 amide bonds. The van der Waals surface area contributed by atoms with Crippen molar-refractivity contribution in [1.82, 2.24) is 4.98 Å². The Bertz CT molecular complexity index is 566. The van der Waals surface area contributed by atoms with Crippen LogP contribution in [0.25, 0.3) is 0 Å². The van der Waals surface area contributed by atoms with Crippen LogP contribution in [0.4, 0.5) is 11.5 Å². The molecule has 2 saturated carbocycles. The van der Waals surface area contributed by atoms with Gasteiger partial charge in [-0.2, -0.15) is 5.26 Å². The van der Waals surface area contributed by atoms with Gasteiger partial charge in [0, 0.05) is 12.1 Å². The standard InChI is InChI=1S/C13H14N4O2/c14-6-10-5-11(17(18)19)7-15-13(10)16-12-4-8-1-2-9(12)3-8/h5,7-9,12H,1-4H2,(H,15,16). The van der Waals surface area contributed by atoms with Crippen molar-refractivity contribution in [2.75, 3.05) is 5.32 Å². The van der Waals surface area contributed by atoms with E-state index in [0.29, 0.717) is 17.8 Å². The third kappa shape index (κ3) is 2.12. The summed E-state index contributed by atoms with van der Waals surface area (Å²) in [5, 5.41) is 23.0. The Balaban J connectivity index is 1.81. The molecule has 6 heteroatoms. The largest absolute Gasteiger partial charge is 0.366 e. The minimum absolute atomic E-state index is 0.143. The van der Waals surface area contributed by atoms with Crippen molar-refractivity contribution >= 4 is 11.5 Å². The van der Waals surface area contributed by atoms with Crippen LogP contribution in [-0.2, 0) is 0 Å². The molecule has 1 aromatic heterocycles. The zero-order valence-electron chi connectivity index (χ0n) is 10.4. The molecule has 3 unspecified atom stereocenters. The number of pyridine rings is 1. The molecule has 1 aromatic rings. The average molecular weight is 258 g/mol. The smallest absolute Gasteiger partial charge is 0.289 e. The second-order valence-electron chi connectivity index (χ2n) is 5.38. The number of nitrogens with zero attached hydrogens (tertiary/aromatic N) is 3. The van der Waals surface area contributed by atoms with E-state index in [1.807, 2.05) is 6.07 Å². The second-order valence-corrected chi connectivity index (χ2v) is 5.38. The highest BCUT2D eigenvalue weighted by Gasteiger charge is 2.39. The van der Waals surface area contributed by atoms with Gasteiger partial charge in [0.2, 0.25) is 0 Å². The van der Waals surface area contributed by atoms with E-state index in [1.165, 1.54) is 31.5 Å². The van der Waals surface area contributed by atoms with Crippen LogP contribution in [0.15, 0.2) is 12.3 Å². The molecule has 3 atom stereocenters. The molecule has 2 fully saturated rings. The van der Waals surface area contributed by atoms with Crippen LogP contribution in [-0.4, -0.2) is 15.9 Å². The predicted octanol–water partition coefficient (Wildman–Crippen LogP) is 2.46. The second kappa shape index (κ2) is 4.50. The fourth-order valence-electron chi connectivity index (χ4n) is 3.35. The monoisotopic (exact) mass is 258 g/mol. The molecule has 2 aliphatic rings. The molecule has 0 radical (unpaired) electrons. The molecule has 3 rings (SSSR count). The Kier molecular flexibility index (Phi) is 2.82. The van der Waals surface area contributed by atoms with Gasteiger partial charge in [0.1, 0.15) is 23.6 Å².